The maximum absolute atomic E-state index is 13.7. The van der Waals surface area contributed by atoms with Crippen molar-refractivity contribution in [1.82, 2.24) is 9.47 Å². The van der Waals surface area contributed by atoms with Crippen molar-refractivity contribution in [2.45, 2.75) is 99.0 Å². The minimum absolute atomic E-state index is 0.158. The Hall–Kier alpha value is -4.42. The molecule has 0 aliphatic heterocycles. The van der Waals surface area contributed by atoms with Gasteiger partial charge in [0.2, 0.25) is 0 Å². The summed E-state index contributed by atoms with van der Waals surface area (Å²) in [4.78, 5) is 16.2. The van der Waals surface area contributed by atoms with Gasteiger partial charge >= 0.3 is 0 Å². The zero-order valence-corrected chi connectivity index (χ0v) is 33.6. The quantitative estimate of drug-likeness (QED) is 0.104. The number of methoxy groups -OCH3 is 1. The van der Waals surface area contributed by atoms with E-state index in [9.17, 15) is 9.18 Å². The largest absolute Gasteiger partial charge is 0.496 e. The van der Waals surface area contributed by atoms with Crippen LogP contribution >= 0.6 is 0 Å². The van der Waals surface area contributed by atoms with Crippen molar-refractivity contribution in [2.75, 3.05) is 32.1 Å². The molecule has 2 unspecified atom stereocenters. The molecule has 1 aliphatic rings. The highest BCUT2D eigenvalue weighted by Crippen LogP contribution is 2.46. The first-order chi connectivity index (χ1) is 26.1. The molecule has 6 heteroatoms. The van der Waals surface area contributed by atoms with Gasteiger partial charge in [-0.3, -0.25) is 4.79 Å². The lowest BCUT2D eigenvalue weighted by Gasteiger charge is -2.29. The third kappa shape index (κ3) is 9.09. The van der Waals surface area contributed by atoms with Crippen molar-refractivity contribution in [3.8, 4) is 16.9 Å². The summed E-state index contributed by atoms with van der Waals surface area (Å²) in [5.74, 6) is 1.98. The lowest BCUT2D eigenvalue weighted by Crippen LogP contribution is -2.32. The number of halogens is 1. The van der Waals surface area contributed by atoms with Crippen LogP contribution in [-0.4, -0.2) is 42.1 Å². The van der Waals surface area contributed by atoms with E-state index >= 15 is 0 Å². The van der Waals surface area contributed by atoms with E-state index < -0.39 is 0 Å². The number of benzene rings is 4. The van der Waals surface area contributed by atoms with Crippen LogP contribution in [0.4, 0.5) is 10.1 Å². The summed E-state index contributed by atoms with van der Waals surface area (Å²) in [6.07, 6.45) is 7.88. The Morgan fingerprint density at radius 2 is 1.65 bits per heavy atom. The van der Waals surface area contributed by atoms with Gasteiger partial charge in [0.05, 0.1) is 7.11 Å². The molecule has 1 N–H and O–H groups in total. The van der Waals surface area contributed by atoms with Gasteiger partial charge in [0.1, 0.15) is 11.6 Å². The fourth-order valence-electron chi connectivity index (χ4n) is 8.12. The number of nitrogens with one attached hydrogen (secondary N) is 1. The third-order valence-electron chi connectivity index (χ3n) is 11.9. The number of carbonyl (C=O) groups is 1. The van der Waals surface area contributed by atoms with Gasteiger partial charge in [-0.2, -0.15) is 0 Å². The van der Waals surface area contributed by atoms with E-state index in [1.165, 1.54) is 84.2 Å². The van der Waals surface area contributed by atoms with E-state index in [4.69, 9.17) is 4.74 Å². The van der Waals surface area contributed by atoms with Crippen LogP contribution in [-0.2, 0) is 13.0 Å². The normalized spacial score (nSPS) is 14.3. The highest BCUT2D eigenvalue weighted by atomic mass is 19.1. The Balaban J connectivity index is 1.13. The topological polar surface area (TPSA) is 46.5 Å². The maximum Gasteiger partial charge on any atom is 0.255 e. The Morgan fingerprint density at radius 3 is 2.30 bits per heavy atom. The van der Waals surface area contributed by atoms with Crippen molar-refractivity contribution in [3.63, 3.8) is 0 Å². The molecule has 0 spiro atoms. The van der Waals surface area contributed by atoms with Crippen molar-refractivity contribution in [2.24, 2.45) is 11.8 Å². The molecule has 1 aromatic heterocycles. The Bertz CT molecular complexity index is 2030. The summed E-state index contributed by atoms with van der Waals surface area (Å²) in [5, 5.41) is 4.46. The fraction of sp³-hybridized carbons (Fsp3) is 0.438. The molecular formula is C48H60FN3O2. The predicted molar refractivity (Wildman–Crippen MR) is 224 cm³/mol. The average Bonchev–Trinajstić information content (AvgIpc) is 3.37. The fourth-order valence-corrected chi connectivity index (χ4v) is 8.12. The number of carbonyl (C=O) groups excluding carboxylic acids is 1. The molecule has 286 valence electrons. The Kier molecular flexibility index (Phi) is 13.0. The molecule has 2 atom stereocenters. The van der Waals surface area contributed by atoms with Gasteiger partial charge in [-0.05, 0) is 147 Å². The van der Waals surface area contributed by atoms with E-state index in [0.717, 1.165) is 55.0 Å². The van der Waals surface area contributed by atoms with Gasteiger partial charge in [0, 0.05) is 52.6 Å². The van der Waals surface area contributed by atoms with Gasteiger partial charge < -0.3 is 19.5 Å². The molecule has 5 aromatic rings. The second kappa shape index (κ2) is 17.8. The van der Waals surface area contributed by atoms with Crippen LogP contribution in [0.2, 0.25) is 0 Å². The minimum atomic E-state index is -0.267. The lowest BCUT2D eigenvalue weighted by molar-refractivity contribution is 0.102. The summed E-state index contributed by atoms with van der Waals surface area (Å²) >= 11 is 0. The predicted octanol–water partition coefficient (Wildman–Crippen LogP) is 12.0. The van der Waals surface area contributed by atoms with Crippen molar-refractivity contribution in [3.05, 3.63) is 118 Å². The highest BCUT2D eigenvalue weighted by Gasteiger charge is 2.26. The molecule has 54 heavy (non-hydrogen) atoms. The van der Waals surface area contributed by atoms with Gasteiger partial charge in [-0.1, -0.05) is 70.9 Å². The number of nitrogens with zero attached hydrogens (tertiary/aromatic N) is 2. The van der Waals surface area contributed by atoms with Gasteiger partial charge in [0.25, 0.3) is 5.91 Å². The van der Waals surface area contributed by atoms with E-state index in [1.54, 1.807) is 19.2 Å². The standard InChI is InChI=1S/C48H60FN3O2/c1-8-24-51(25-23-32(3)9-2)30-33(4)31-52-35(6)34(5)43-27-37(15-22-45(43)52)26-36-13-16-40(17-14-36)48(53)50-42-28-44(38-11-10-12-38)47(46(29-42)54-7)39-18-20-41(49)21-19-39/h13-22,27-29,32-33,38H,8-12,23-26,30-31H2,1-7H3,(H,50,53). The van der Waals surface area contributed by atoms with Crippen LogP contribution in [0.15, 0.2) is 78.9 Å². The Morgan fingerprint density at radius 1 is 0.926 bits per heavy atom. The summed E-state index contributed by atoms with van der Waals surface area (Å²) in [6.45, 7) is 18.4. The molecule has 1 amide bonds. The van der Waals surface area contributed by atoms with Crippen molar-refractivity contribution < 1.29 is 13.9 Å². The molecule has 1 aliphatic carbocycles. The van der Waals surface area contributed by atoms with Crippen LogP contribution in [0.5, 0.6) is 5.75 Å². The van der Waals surface area contributed by atoms with Gasteiger partial charge in [0.15, 0.2) is 0 Å². The second-order valence-corrected chi connectivity index (χ2v) is 16.0. The molecule has 1 heterocycles. The molecule has 1 fully saturated rings. The number of fused-ring (bicyclic) bond motifs is 1. The van der Waals surface area contributed by atoms with Crippen LogP contribution in [0, 0.1) is 31.5 Å². The number of aryl methyl sites for hydroxylation is 1. The zero-order valence-electron chi connectivity index (χ0n) is 33.6. The summed E-state index contributed by atoms with van der Waals surface area (Å²) < 4.78 is 22.1. The zero-order chi connectivity index (χ0) is 38.4. The first kappa shape index (κ1) is 39.3. The lowest BCUT2D eigenvalue weighted by atomic mass is 9.76. The maximum atomic E-state index is 13.7. The molecule has 1 saturated carbocycles. The Labute approximate surface area is 322 Å². The van der Waals surface area contributed by atoms with Gasteiger partial charge in [-0.25, -0.2) is 4.39 Å². The van der Waals surface area contributed by atoms with E-state index in [0.29, 0.717) is 28.8 Å². The van der Waals surface area contributed by atoms with E-state index in [1.807, 2.05) is 18.2 Å². The molecule has 0 radical (unpaired) electrons. The number of hydrogen-bond acceptors (Lipinski definition) is 3. The second-order valence-electron chi connectivity index (χ2n) is 16.0. The van der Waals surface area contributed by atoms with Crippen molar-refractivity contribution in [1.29, 1.82) is 0 Å². The van der Waals surface area contributed by atoms with Crippen LogP contribution in [0.1, 0.15) is 110 Å². The number of amides is 1. The number of ether oxygens (including phenoxy) is 1. The summed E-state index contributed by atoms with van der Waals surface area (Å²) in [6, 6.07) is 25.4. The SMILES string of the molecule is CCCN(CCC(C)CC)CC(C)Cn1c(C)c(C)c2cc(Cc3ccc(C(=O)Nc4cc(OC)c(-c5ccc(F)cc5)c(C5CCC5)c4)cc3)ccc21. The molecule has 0 bridgehead atoms. The highest BCUT2D eigenvalue weighted by molar-refractivity contribution is 6.04. The monoisotopic (exact) mass is 729 g/mol. The molecular weight excluding hydrogens is 670 g/mol. The average molecular weight is 730 g/mol. The third-order valence-corrected chi connectivity index (χ3v) is 11.9. The first-order valence-electron chi connectivity index (χ1n) is 20.3. The van der Waals surface area contributed by atoms with Crippen molar-refractivity contribution >= 4 is 22.5 Å². The molecule has 5 nitrogen and oxygen atoms in total. The summed E-state index contributed by atoms with van der Waals surface area (Å²) in [7, 11) is 1.64. The molecule has 6 rings (SSSR count). The summed E-state index contributed by atoms with van der Waals surface area (Å²) in [5.41, 5.74) is 10.8. The molecule has 0 saturated heterocycles. The molecule has 4 aromatic carbocycles. The van der Waals surface area contributed by atoms with E-state index in [2.05, 4.69) is 92.7 Å². The number of anilines is 1. The number of aromatic nitrogens is 1. The van der Waals surface area contributed by atoms with Crippen LogP contribution in [0.3, 0.4) is 0 Å². The first-order valence-corrected chi connectivity index (χ1v) is 20.3. The van der Waals surface area contributed by atoms with E-state index in [-0.39, 0.29) is 11.7 Å². The van der Waals surface area contributed by atoms with Crippen LogP contribution < -0.4 is 10.1 Å². The minimum Gasteiger partial charge on any atom is -0.496 e. The van der Waals surface area contributed by atoms with Crippen LogP contribution in [0.25, 0.3) is 22.0 Å². The number of rotatable bonds is 17. The smallest absolute Gasteiger partial charge is 0.255 e. The van der Waals surface area contributed by atoms with Gasteiger partial charge in [-0.15, -0.1) is 0 Å². The number of hydrogen-bond donors (Lipinski definition) is 1.